The van der Waals surface area contributed by atoms with Crippen molar-refractivity contribution in [2.45, 2.75) is 12.8 Å². The fourth-order valence-corrected chi connectivity index (χ4v) is 2.07. The molecule has 0 aliphatic carbocycles. The molecule has 0 atom stereocenters. The van der Waals surface area contributed by atoms with Crippen LogP contribution < -0.4 is 11.1 Å². The van der Waals surface area contributed by atoms with Gasteiger partial charge in [0.25, 0.3) is 0 Å². The quantitative estimate of drug-likeness (QED) is 0.564. The van der Waals surface area contributed by atoms with E-state index in [1.165, 1.54) is 11.6 Å². The molecule has 2 aromatic carbocycles. The van der Waals surface area contributed by atoms with Crippen molar-refractivity contribution in [1.29, 1.82) is 0 Å². The van der Waals surface area contributed by atoms with Gasteiger partial charge >= 0.3 is 5.97 Å². The maximum Gasteiger partial charge on any atom is 0.337 e. The lowest BCUT2D eigenvalue weighted by Crippen LogP contribution is -2.09. The summed E-state index contributed by atoms with van der Waals surface area (Å²) in [6.45, 7) is 0.550. The molecule has 0 fully saturated rings. The van der Waals surface area contributed by atoms with Crippen LogP contribution in [0, 0.1) is 5.82 Å². The fourth-order valence-electron chi connectivity index (χ4n) is 2.07. The van der Waals surface area contributed by atoms with E-state index in [2.05, 4.69) is 5.32 Å². The van der Waals surface area contributed by atoms with Crippen LogP contribution in [0.1, 0.15) is 22.3 Å². The van der Waals surface area contributed by atoms with Gasteiger partial charge in [-0.05, 0) is 30.5 Å². The summed E-state index contributed by atoms with van der Waals surface area (Å²) in [6.07, 6.45) is 1.69. The van der Waals surface area contributed by atoms with Gasteiger partial charge in [0.1, 0.15) is 5.82 Å². The van der Waals surface area contributed by atoms with Crippen LogP contribution in [0.5, 0.6) is 0 Å². The molecule has 0 radical (unpaired) electrons. The van der Waals surface area contributed by atoms with Crippen molar-refractivity contribution >= 4 is 17.3 Å². The van der Waals surface area contributed by atoms with Gasteiger partial charge in [-0.3, -0.25) is 0 Å². The molecule has 0 bridgehead atoms. The molecule has 110 valence electrons. The Morgan fingerprint density at radius 3 is 2.62 bits per heavy atom. The van der Waals surface area contributed by atoms with Crippen molar-refractivity contribution in [2.75, 3.05) is 17.6 Å². The van der Waals surface area contributed by atoms with Crippen molar-refractivity contribution in [2.24, 2.45) is 0 Å². The zero-order chi connectivity index (χ0) is 15.2. The molecule has 0 heterocycles. The lowest BCUT2D eigenvalue weighted by Gasteiger charge is -2.10. The number of hydrogen-bond acceptors (Lipinski definition) is 3. The van der Waals surface area contributed by atoms with Gasteiger partial charge in [0, 0.05) is 12.2 Å². The van der Waals surface area contributed by atoms with Crippen LogP contribution in [0.25, 0.3) is 0 Å². The number of benzene rings is 2. The van der Waals surface area contributed by atoms with E-state index in [0.717, 1.165) is 18.9 Å². The van der Waals surface area contributed by atoms with Crippen LogP contribution in [0.4, 0.5) is 15.8 Å². The molecule has 4 nitrogen and oxygen atoms in total. The lowest BCUT2D eigenvalue weighted by molar-refractivity contribution is 0.0698. The van der Waals surface area contributed by atoms with Crippen LogP contribution in [-0.4, -0.2) is 17.6 Å². The number of anilines is 2. The second-order valence-electron chi connectivity index (χ2n) is 4.74. The van der Waals surface area contributed by atoms with Gasteiger partial charge in [0.05, 0.1) is 11.3 Å². The molecule has 0 aliphatic heterocycles. The summed E-state index contributed by atoms with van der Waals surface area (Å²) in [4.78, 5) is 11.0. The molecular formula is C16H17FN2O2. The third kappa shape index (κ3) is 3.95. The molecule has 0 saturated carbocycles. The Labute approximate surface area is 122 Å². The first-order chi connectivity index (χ1) is 10.1. The molecule has 0 amide bonds. The van der Waals surface area contributed by atoms with Crippen LogP contribution in [0.2, 0.25) is 0 Å². The molecule has 0 aliphatic rings. The van der Waals surface area contributed by atoms with E-state index in [-0.39, 0.29) is 16.9 Å². The number of hydrogen-bond donors (Lipinski definition) is 3. The number of carboxylic acids is 1. The van der Waals surface area contributed by atoms with Gasteiger partial charge in [0.15, 0.2) is 0 Å². The van der Waals surface area contributed by atoms with Gasteiger partial charge in [-0.1, -0.05) is 30.3 Å². The lowest BCUT2D eigenvalue weighted by atomic mass is 10.1. The Morgan fingerprint density at radius 2 is 1.95 bits per heavy atom. The Balaban J connectivity index is 1.94. The normalized spacial score (nSPS) is 10.3. The monoisotopic (exact) mass is 288 g/mol. The number of carboxylic acid groups (broad SMARTS) is 1. The first kappa shape index (κ1) is 14.8. The molecule has 4 N–H and O–H groups in total. The minimum atomic E-state index is -1.17. The third-order valence-corrected chi connectivity index (χ3v) is 3.17. The SMILES string of the molecule is Nc1cc(F)c(NCCCc2ccccc2)cc1C(=O)O. The van der Waals surface area contributed by atoms with E-state index >= 15 is 0 Å². The van der Waals surface area contributed by atoms with E-state index in [9.17, 15) is 9.18 Å². The molecule has 2 rings (SSSR count). The highest BCUT2D eigenvalue weighted by Gasteiger charge is 2.12. The first-order valence-electron chi connectivity index (χ1n) is 6.68. The molecule has 2 aromatic rings. The van der Waals surface area contributed by atoms with E-state index in [4.69, 9.17) is 10.8 Å². The zero-order valence-electron chi connectivity index (χ0n) is 11.5. The standard InChI is InChI=1S/C16H17FN2O2/c17-13-10-14(18)12(16(20)21)9-15(13)19-8-4-7-11-5-2-1-3-6-11/h1-3,5-6,9-10,19H,4,7-8,18H2,(H,20,21). The summed E-state index contributed by atoms with van der Waals surface area (Å²) in [6, 6.07) is 12.2. The van der Waals surface area contributed by atoms with Crippen molar-refractivity contribution < 1.29 is 14.3 Å². The van der Waals surface area contributed by atoms with E-state index in [1.54, 1.807) is 0 Å². The summed E-state index contributed by atoms with van der Waals surface area (Å²) in [5.74, 6) is -1.71. The van der Waals surface area contributed by atoms with Crippen LogP contribution in [-0.2, 0) is 6.42 Å². The average Bonchev–Trinajstić information content (AvgIpc) is 2.46. The number of nitrogens with two attached hydrogens (primary N) is 1. The Bertz CT molecular complexity index is 630. The molecule has 0 unspecified atom stereocenters. The van der Waals surface area contributed by atoms with Gasteiger partial charge < -0.3 is 16.2 Å². The molecule has 21 heavy (non-hydrogen) atoms. The summed E-state index contributed by atoms with van der Waals surface area (Å²) in [5.41, 5.74) is 6.68. The molecule has 0 spiro atoms. The predicted octanol–water partition coefficient (Wildman–Crippen LogP) is 3.15. The summed E-state index contributed by atoms with van der Waals surface area (Å²) in [7, 11) is 0. The maximum atomic E-state index is 13.7. The smallest absolute Gasteiger partial charge is 0.337 e. The Kier molecular flexibility index (Phi) is 4.77. The number of aryl methyl sites for hydroxylation is 1. The number of aromatic carboxylic acids is 1. The van der Waals surface area contributed by atoms with E-state index < -0.39 is 11.8 Å². The minimum absolute atomic E-state index is 0.0742. The fraction of sp³-hybridized carbons (Fsp3) is 0.188. The maximum absolute atomic E-state index is 13.7. The first-order valence-corrected chi connectivity index (χ1v) is 6.68. The van der Waals surface area contributed by atoms with Crippen LogP contribution in [0.3, 0.4) is 0 Å². The van der Waals surface area contributed by atoms with Crippen molar-refractivity contribution in [3.63, 3.8) is 0 Å². The number of nitrogen functional groups attached to an aromatic ring is 1. The van der Waals surface area contributed by atoms with E-state index in [0.29, 0.717) is 6.54 Å². The molecule has 5 heteroatoms. The summed E-state index contributed by atoms with van der Waals surface area (Å²) in [5, 5.41) is 11.9. The second kappa shape index (κ2) is 6.74. The Morgan fingerprint density at radius 1 is 1.24 bits per heavy atom. The van der Waals surface area contributed by atoms with Crippen molar-refractivity contribution in [3.05, 3.63) is 59.4 Å². The highest BCUT2D eigenvalue weighted by Crippen LogP contribution is 2.22. The Hall–Kier alpha value is -2.56. The minimum Gasteiger partial charge on any atom is -0.478 e. The summed E-state index contributed by atoms with van der Waals surface area (Å²) < 4.78 is 13.7. The summed E-state index contributed by atoms with van der Waals surface area (Å²) >= 11 is 0. The highest BCUT2D eigenvalue weighted by atomic mass is 19.1. The second-order valence-corrected chi connectivity index (χ2v) is 4.74. The number of halogens is 1. The van der Waals surface area contributed by atoms with Gasteiger partial charge in [-0.2, -0.15) is 0 Å². The predicted molar refractivity (Wildman–Crippen MR) is 81.0 cm³/mol. The van der Waals surface area contributed by atoms with Gasteiger partial charge in [-0.25, -0.2) is 9.18 Å². The zero-order valence-corrected chi connectivity index (χ0v) is 11.5. The number of carbonyl (C=O) groups is 1. The van der Waals surface area contributed by atoms with Gasteiger partial charge in [0.2, 0.25) is 0 Å². The van der Waals surface area contributed by atoms with Crippen molar-refractivity contribution in [3.8, 4) is 0 Å². The topological polar surface area (TPSA) is 75.3 Å². The third-order valence-electron chi connectivity index (χ3n) is 3.17. The van der Waals surface area contributed by atoms with Crippen molar-refractivity contribution in [1.82, 2.24) is 0 Å². The molecule has 0 saturated heterocycles. The average molecular weight is 288 g/mol. The van der Waals surface area contributed by atoms with E-state index in [1.807, 2.05) is 30.3 Å². The van der Waals surface area contributed by atoms with Crippen LogP contribution >= 0.6 is 0 Å². The molecular weight excluding hydrogens is 271 g/mol. The number of nitrogens with one attached hydrogen (secondary N) is 1. The van der Waals surface area contributed by atoms with Gasteiger partial charge in [-0.15, -0.1) is 0 Å². The highest BCUT2D eigenvalue weighted by molar-refractivity contribution is 5.94. The largest absolute Gasteiger partial charge is 0.478 e. The number of rotatable bonds is 6. The molecule has 0 aromatic heterocycles. The van der Waals surface area contributed by atoms with Crippen LogP contribution in [0.15, 0.2) is 42.5 Å².